The summed E-state index contributed by atoms with van der Waals surface area (Å²) in [6.45, 7) is 4.48. The van der Waals surface area contributed by atoms with Gasteiger partial charge in [0.15, 0.2) is 0 Å². The zero-order valence-corrected chi connectivity index (χ0v) is 18.3. The molecule has 31 heavy (non-hydrogen) atoms. The van der Waals surface area contributed by atoms with E-state index in [0.29, 0.717) is 12.1 Å². The quantitative estimate of drug-likeness (QED) is 0.531. The summed E-state index contributed by atoms with van der Waals surface area (Å²) in [5, 5.41) is 0. The van der Waals surface area contributed by atoms with Gasteiger partial charge in [-0.15, -0.1) is 0 Å². The number of carbonyl (C=O) groups excluding carboxylic acids is 2. The van der Waals surface area contributed by atoms with Crippen LogP contribution in [0.2, 0.25) is 0 Å². The molecule has 0 saturated carbocycles. The first kappa shape index (κ1) is 21.1. The zero-order valence-electron chi connectivity index (χ0n) is 18.3. The summed E-state index contributed by atoms with van der Waals surface area (Å²) >= 11 is 0. The number of hydrogen-bond acceptors (Lipinski definition) is 4. The first-order chi connectivity index (χ1) is 15.1. The Hall–Kier alpha value is -3.15. The van der Waals surface area contributed by atoms with E-state index in [1.807, 2.05) is 35.2 Å². The molecule has 0 atom stereocenters. The van der Waals surface area contributed by atoms with E-state index in [9.17, 15) is 9.59 Å². The van der Waals surface area contributed by atoms with E-state index < -0.39 is 0 Å². The number of rotatable bonds is 7. The third-order valence-corrected chi connectivity index (χ3v) is 5.94. The van der Waals surface area contributed by atoms with E-state index in [-0.39, 0.29) is 11.9 Å². The Morgan fingerprint density at radius 3 is 2.42 bits per heavy atom. The Balaban J connectivity index is 1.69. The molecule has 6 nitrogen and oxygen atoms in total. The lowest BCUT2D eigenvalue weighted by atomic mass is 10.1. The Morgan fingerprint density at radius 2 is 1.74 bits per heavy atom. The van der Waals surface area contributed by atoms with Crippen LogP contribution in [0.5, 0.6) is 0 Å². The zero-order chi connectivity index (χ0) is 21.8. The maximum absolute atomic E-state index is 12.9. The summed E-state index contributed by atoms with van der Waals surface area (Å²) in [5.41, 5.74) is 4.22. The number of aromatic nitrogens is 2. The number of likely N-dealkylation sites (tertiary alicyclic amines) is 1. The van der Waals surface area contributed by atoms with Crippen LogP contribution in [0.1, 0.15) is 64.7 Å². The molecule has 1 aromatic heterocycles. The lowest BCUT2D eigenvalue weighted by Gasteiger charge is -2.15. The molecule has 0 unspecified atom stereocenters. The van der Waals surface area contributed by atoms with Crippen molar-refractivity contribution in [2.45, 2.75) is 45.6 Å². The van der Waals surface area contributed by atoms with Gasteiger partial charge in [0.2, 0.25) is 0 Å². The normalized spacial score (nSPS) is 13.7. The first-order valence-electron chi connectivity index (χ1n) is 11.1. The number of esters is 1. The molecule has 6 heteroatoms. The summed E-state index contributed by atoms with van der Waals surface area (Å²) in [5.74, 6) is 0.790. The fraction of sp³-hybridized carbons (Fsp3) is 0.400. The average Bonchev–Trinajstić information content (AvgIpc) is 3.45. The lowest BCUT2D eigenvalue weighted by Crippen LogP contribution is -2.27. The van der Waals surface area contributed by atoms with Crippen molar-refractivity contribution in [3.8, 4) is 0 Å². The summed E-state index contributed by atoms with van der Waals surface area (Å²) in [4.78, 5) is 31.5. The highest BCUT2D eigenvalue weighted by atomic mass is 16.5. The molecule has 1 aliphatic rings. The van der Waals surface area contributed by atoms with Gasteiger partial charge in [0.1, 0.15) is 5.82 Å². The Bertz CT molecular complexity index is 1080. The summed E-state index contributed by atoms with van der Waals surface area (Å²) in [6.07, 6.45) is 5.20. The van der Waals surface area contributed by atoms with Gasteiger partial charge in [0.05, 0.1) is 23.7 Å². The molecule has 2 aromatic carbocycles. The van der Waals surface area contributed by atoms with Crippen LogP contribution in [-0.4, -0.2) is 46.5 Å². The standard InChI is InChI=1S/C25H29N3O3/c1-3-4-7-23-26-21-13-12-20(24(29)27-14-5-6-15-27)16-22(21)28(23)17-18-8-10-19(11-9-18)25(30)31-2/h8-13,16H,3-7,14-15,17H2,1-2H3. The molecule has 0 N–H and O–H groups in total. The fourth-order valence-corrected chi connectivity index (χ4v) is 4.16. The van der Waals surface area contributed by atoms with E-state index in [1.54, 1.807) is 12.1 Å². The van der Waals surface area contributed by atoms with E-state index >= 15 is 0 Å². The van der Waals surface area contributed by atoms with Crippen molar-refractivity contribution < 1.29 is 14.3 Å². The summed E-state index contributed by atoms with van der Waals surface area (Å²) < 4.78 is 7.00. The maximum atomic E-state index is 12.9. The van der Waals surface area contributed by atoms with Gasteiger partial charge in [0.25, 0.3) is 5.91 Å². The highest BCUT2D eigenvalue weighted by molar-refractivity contribution is 5.97. The molecule has 1 saturated heterocycles. The minimum Gasteiger partial charge on any atom is -0.465 e. The number of imidazole rings is 1. The molecular formula is C25H29N3O3. The maximum Gasteiger partial charge on any atom is 0.337 e. The number of fused-ring (bicyclic) bond motifs is 1. The van der Waals surface area contributed by atoms with E-state index in [4.69, 9.17) is 9.72 Å². The highest BCUT2D eigenvalue weighted by Crippen LogP contribution is 2.23. The van der Waals surface area contributed by atoms with Gasteiger partial charge in [-0.05, 0) is 55.2 Å². The molecule has 4 rings (SSSR count). The number of carbonyl (C=O) groups is 2. The molecule has 2 heterocycles. The number of hydrogen-bond donors (Lipinski definition) is 0. The number of nitrogens with zero attached hydrogens (tertiary/aromatic N) is 3. The van der Waals surface area contributed by atoms with Crippen LogP contribution in [0.25, 0.3) is 11.0 Å². The highest BCUT2D eigenvalue weighted by Gasteiger charge is 2.21. The number of ether oxygens (including phenoxy) is 1. The third-order valence-electron chi connectivity index (χ3n) is 5.94. The monoisotopic (exact) mass is 419 g/mol. The number of methoxy groups -OCH3 is 1. The predicted molar refractivity (Wildman–Crippen MR) is 120 cm³/mol. The first-order valence-corrected chi connectivity index (χ1v) is 11.1. The number of benzene rings is 2. The van der Waals surface area contributed by atoms with Crippen LogP contribution in [0, 0.1) is 0 Å². The smallest absolute Gasteiger partial charge is 0.337 e. The average molecular weight is 420 g/mol. The molecule has 0 radical (unpaired) electrons. The second-order valence-electron chi connectivity index (χ2n) is 8.11. The summed E-state index contributed by atoms with van der Waals surface area (Å²) in [6, 6.07) is 13.3. The minimum atomic E-state index is -0.340. The topological polar surface area (TPSA) is 64.4 Å². The molecule has 1 aliphatic heterocycles. The number of unbranched alkanes of at least 4 members (excludes halogenated alkanes) is 1. The Labute approximate surface area is 182 Å². The number of aryl methyl sites for hydroxylation is 1. The lowest BCUT2D eigenvalue weighted by molar-refractivity contribution is 0.0600. The molecule has 1 fully saturated rings. The van der Waals surface area contributed by atoms with Crippen LogP contribution in [-0.2, 0) is 17.7 Å². The predicted octanol–water partition coefficient (Wildman–Crippen LogP) is 4.45. The SMILES string of the molecule is CCCCc1nc2ccc(C(=O)N3CCCC3)cc2n1Cc1ccc(C(=O)OC)cc1. The van der Waals surface area contributed by atoms with Crippen molar-refractivity contribution in [3.63, 3.8) is 0 Å². The van der Waals surface area contributed by atoms with Gasteiger partial charge in [-0.1, -0.05) is 25.5 Å². The molecule has 0 spiro atoms. The van der Waals surface area contributed by atoms with Gasteiger partial charge in [-0.3, -0.25) is 4.79 Å². The van der Waals surface area contributed by atoms with Crippen LogP contribution in [0.3, 0.4) is 0 Å². The molecular weight excluding hydrogens is 390 g/mol. The van der Waals surface area contributed by atoms with Crippen LogP contribution in [0.4, 0.5) is 0 Å². The fourth-order valence-electron chi connectivity index (χ4n) is 4.16. The van der Waals surface area contributed by atoms with Crippen molar-refractivity contribution in [1.82, 2.24) is 14.5 Å². The van der Waals surface area contributed by atoms with Crippen LogP contribution >= 0.6 is 0 Å². The number of amides is 1. The van der Waals surface area contributed by atoms with Crippen LogP contribution < -0.4 is 0 Å². The van der Waals surface area contributed by atoms with Crippen molar-refractivity contribution in [3.05, 3.63) is 65.0 Å². The Kier molecular flexibility index (Phi) is 6.35. The van der Waals surface area contributed by atoms with Crippen molar-refractivity contribution in [2.24, 2.45) is 0 Å². The van der Waals surface area contributed by atoms with Gasteiger partial charge >= 0.3 is 5.97 Å². The van der Waals surface area contributed by atoms with Gasteiger partial charge < -0.3 is 14.2 Å². The van der Waals surface area contributed by atoms with Gasteiger partial charge in [-0.2, -0.15) is 0 Å². The Morgan fingerprint density at radius 1 is 1.03 bits per heavy atom. The van der Waals surface area contributed by atoms with Gasteiger partial charge in [0, 0.05) is 31.6 Å². The molecule has 0 aliphatic carbocycles. The molecule has 0 bridgehead atoms. The van der Waals surface area contributed by atoms with Crippen molar-refractivity contribution in [2.75, 3.05) is 20.2 Å². The van der Waals surface area contributed by atoms with Crippen LogP contribution in [0.15, 0.2) is 42.5 Å². The van der Waals surface area contributed by atoms with Crippen molar-refractivity contribution in [1.29, 1.82) is 0 Å². The van der Waals surface area contributed by atoms with Crippen molar-refractivity contribution >= 4 is 22.9 Å². The molecule has 162 valence electrons. The van der Waals surface area contributed by atoms with E-state index in [0.717, 1.165) is 73.2 Å². The minimum absolute atomic E-state index is 0.102. The summed E-state index contributed by atoms with van der Waals surface area (Å²) in [7, 11) is 1.38. The molecule has 3 aromatic rings. The largest absolute Gasteiger partial charge is 0.465 e. The van der Waals surface area contributed by atoms with Gasteiger partial charge in [-0.25, -0.2) is 9.78 Å². The van der Waals surface area contributed by atoms with E-state index in [2.05, 4.69) is 11.5 Å². The van der Waals surface area contributed by atoms with E-state index in [1.165, 1.54) is 7.11 Å². The molecule has 1 amide bonds. The third kappa shape index (κ3) is 4.48. The second-order valence-corrected chi connectivity index (χ2v) is 8.11. The second kappa shape index (κ2) is 9.33.